The van der Waals surface area contributed by atoms with Crippen molar-refractivity contribution in [3.63, 3.8) is 0 Å². The fraction of sp³-hybridized carbons (Fsp3) is 0.650. The van der Waals surface area contributed by atoms with Crippen LogP contribution in [0.15, 0.2) is 24.5 Å². The first kappa shape index (κ1) is 17.9. The molecule has 136 valence electrons. The minimum atomic E-state index is -0.792. The molecule has 0 bridgehead atoms. The van der Waals surface area contributed by atoms with Crippen LogP contribution in [0.3, 0.4) is 0 Å². The first-order valence-electron chi connectivity index (χ1n) is 9.57. The lowest BCUT2D eigenvalue weighted by atomic mass is 10.0. The third-order valence-corrected chi connectivity index (χ3v) is 5.62. The molecule has 2 fully saturated rings. The summed E-state index contributed by atoms with van der Waals surface area (Å²) in [5.74, 6) is -0.0622. The minimum absolute atomic E-state index is 0.0207. The molecule has 5 heteroatoms. The number of nitrogens with one attached hydrogen (secondary N) is 1. The van der Waals surface area contributed by atoms with Crippen molar-refractivity contribution >= 4 is 11.8 Å². The molecule has 0 unspecified atom stereocenters. The van der Waals surface area contributed by atoms with E-state index >= 15 is 0 Å². The van der Waals surface area contributed by atoms with Gasteiger partial charge in [-0.2, -0.15) is 0 Å². The molecule has 1 aromatic heterocycles. The molecule has 0 saturated heterocycles. The van der Waals surface area contributed by atoms with Crippen LogP contribution in [0.4, 0.5) is 0 Å². The summed E-state index contributed by atoms with van der Waals surface area (Å²) < 4.78 is 0. The van der Waals surface area contributed by atoms with Gasteiger partial charge in [-0.25, -0.2) is 0 Å². The van der Waals surface area contributed by atoms with Crippen molar-refractivity contribution in [1.29, 1.82) is 0 Å². The Balaban J connectivity index is 1.53. The third kappa shape index (κ3) is 4.39. The lowest BCUT2D eigenvalue weighted by molar-refractivity contribution is -0.143. The van der Waals surface area contributed by atoms with E-state index in [-0.39, 0.29) is 17.9 Å². The Morgan fingerprint density at radius 3 is 2.40 bits per heavy atom. The number of likely N-dealkylation sites (N-methyl/N-ethyl adjacent to an activating group) is 1. The number of aromatic nitrogens is 1. The van der Waals surface area contributed by atoms with Crippen LogP contribution in [-0.2, 0) is 16.0 Å². The summed E-state index contributed by atoms with van der Waals surface area (Å²) in [5.41, 5.74) is 0.363. The molecule has 25 heavy (non-hydrogen) atoms. The average Bonchev–Trinajstić information content (AvgIpc) is 3.45. The summed E-state index contributed by atoms with van der Waals surface area (Å²) in [6.45, 7) is 0.626. The highest BCUT2D eigenvalue weighted by molar-refractivity contribution is 6.07. The Kier molecular flexibility index (Phi) is 5.71. The molecule has 1 N–H and O–H groups in total. The molecule has 1 aromatic rings. The quantitative estimate of drug-likeness (QED) is 0.638. The fourth-order valence-corrected chi connectivity index (χ4v) is 3.72. The molecule has 0 atom stereocenters. The highest BCUT2D eigenvalue weighted by atomic mass is 16.2. The molecular formula is C20H29N3O2. The minimum Gasteiger partial charge on any atom is -0.352 e. The molecule has 0 spiro atoms. The normalized spacial score (nSPS) is 19.7. The molecule has 3 rings (SSSR count). The van der Waals surface area contributed by atoms with Crippen LogP contribution in [-0.4, -0.2) is 41.3 Å². The standard InChI is InChI=1S/C20H29N3O2/c1-23(15-10-16-8-13-21-14-9-16)19(25)20(11-12-20)18(24)22-17-6-4-2-3-5-7-17/h8-9,13-14,17H,2-7,10-12,15H2,1H3,(H,22,24). The first-order chi connectivity index (χ1) is 12.1. The van der Waals surface area contributed by atoms with Crippen molar-refractivity contribution in [3.8, 4) is 0 Å². The van der Waals surface area contributed by atoms with Crippen LogP contribution in [0, 0.1) is 5.41 Å². The summed E-state index contributed by atoms with van der Waals surface area (Å²) in [6, 6.07) is 4.18. The van der Waals surface area contributed by atoms with E-state index in [1.807, 2.05) is 19.2 Å². The van der Waals surface area contributed by atoms with Gasteiger partial charge in [0.05, 0.1) is 0 Å². The van der Waals surface area contributed by atoms with Crippen molar-refractivity contribution in [2.45, 2.75) is 63.8 Å². The van der Waals surface area contributed by atoms with E-state index in [1.54, 1.807) is 17.3 Å². The van der Waals surface area contributed by atoms with Gasteiger partial charge in [-0.1, -0.05) is 25.7 Å². The van der Waals surface area contributed by atoms with E-state index in [1.165, 1.54) is 25.7 Å². The van der Waals surface area contributed by atoms with Gasteiger partial charge in [0.2, 0.25) is 11.8 Å². The summed E-state index contributed by atoms with van der Waals surface area (Å²) in [5, 5.41) is 3.18. The van der Waals surface area contributed by atoms with Crippen molar-refractivity contribution in [1.82, 2.24) is 15.2 Å². The summed E-state index contributed by atoms with van der Waals surface area (Å²) in [6.07, 6.45) is 12.7. The predicted molar refractivity (Wildman–Crippen MR) is 96.9 cm³/mol. The Morgan fingerprint density at radius 2 is 1.80 bits per heavy atom. The summed E-state index contributed by atoms with van der Waals surface area (Å²) >= 11 is 0. The number of carbonyl (C=O) groups excluding carboxylic acids is 2. The van der Waals surface area contributed by atoms with Crippen LogP contribution < -0.4 is 5.32 Å². The molecule has 0 aliphatic heterocycles. The number of hydrogen-bond donors (Lipinski definition) is 1. The highest BCUT2D eigenvalue weighted by Crippen LogP contribution is 2.47. The molecule has 0 aromatic carbocycles. The fourth-order valence-electron chi connectivity index (χ4n) is 3.72. The Labute approximate surface area is 150 Å². The molecule has 1 heterocycles. The van der Waals surface area contributed by atoms with Crippen LogP contribution in [0.1, 0.15) is 56.9 Å². The SMILES string of the molecule is CN(CCc1ccncc1)C(=O)C1(C(=O)NC2CCCCCC2)CC1. The van der Waals surface area contributed by atoms with Crippen molar-refractivity contribution in [2.75, 3.05) is 13.6 Å². The second kappa shape index (κ2) is 7.98. The van der Waals surface area contributed by atoms with Crippen LogP contribution >= 0.6 is 0 Å². The van der Waals surface area contributed by atoms with Gasteiger partial charge in [0.1, 0.15) is 5.41 Å². The number of rotatable bonds is 6. The zero-order valence-electron chi connectivity index (χ0n) is 15.2. The number of amides is 2. The molecule has 2 aliphatic carbocycles. The third-order valence-electron chi connectivity index (χ3n) is 5.62. The van der Waals surface area contributed by atoms with Crippen LogP contribution in [0.5, 0.6) is 0 Å². The Hall–Kier alpha value is -1.91. The zero-order chi connectivity index (χ0) is 17.7. The van der Waals surface area contributed by atoms with Gasteiger partial charge in [-0.15, -0.1) is 0 Å². The molecule has 2 amide bonds. The molecule has 2 aliphatic rings. The van der Waals surface area contributed by atoms with Crippen molar-refractivity contribution in [3.05, 3.63) is 30.1 Å². The molecule has 5 nitrogen and oxygen atoms in total. The van der Waals surface area contributed by atoms with Gasteiger partial charge in [-0.05, 0) is 49.8 Å². The van der Waals surface area contributed by atoms with Gasteiger partial charge in [-0.3, -0.25) is 14.6 Å². The maximum absolute atomic E-state index is 12.9. The second-order valence-electron chi connectivity index (χ2n) is 7.58. The molecule has 2 saturated carbocycles. The lowest BCUT2D eigenvalue weighted by Crippen LogP contribution is -2.47. The number of carbonyl (C=O) groups is 2. The predicted octanol–water partition coefficient (Wildman–Crippen LogP) is 2.70. The van der Waals surface area contributed by atoms with Gasteiger partial charge >= 0.3 is 0 Å². The number of pyridine rings is 1. The van der Waals surface area contributed by atoms with E-state index in [2.05, 4.69) is 10.3 Å². The largest absolute Gasteiger partial charge is 0.352 e. The van der Waals surface area contributed by atoms with Crippen LogP contribution in [0.2, 0.25) is 0 Å². The Morgan fingerprint density at radius 1 is 1.16 bits per heavy atom. The maximum Gasteiger partial charge on any atom is 0.238 e. The first-order valence-corrected chi connectivity index (χ1v) is 9.57. The lowest BCUT2D eigenvalue weighted by Gasteiger charge is -2.25. The topological polar surface area (TPSA) is 62.3 Å². The van der Waals surface area contributed by atoms with Gasteiger partial charge < -0.3 is 10.2 Å². The zero-order valence-corrected chi connectivity index (χ0v) is 15.2. The van der Waals surface area contributed by atoms with Crippen molar-refractivity contribution in [2.24, 2.45) is 5.41 Å². The molecule has 0 radical (unpaired) electrons. The van der Waals surface area contributed by atoms with Gasteiger partial charge in [0.15, 0.2) is 0 Å². The van der Waals surface area contributed by atoms with Gasteiger partial charge in [0, 0.05) is 32.0 Å². The van der Waals surface area contributed by atoms with E-state index in [0.717, 1.165) is 24.8 Å². The van der Waals surface area contributed by atoms with Crippen LogP contribution in [0.25, 0.3) is 0 Å². The highest BCUT2D eigenvalue weighted by Gasteiger charge is 2.57. The monoisotopic (exact) mass is 343 g/mol. The van der Waals surface area contributed by atoms with Crippen molar-refractivity contribution < 1.29 is 9.59 Å². The average molecular weight is 343 g/mol. The Bertz CT molecular complexity index is 590. The number of hydrogen-bond acceptors (Lipinski definition) is 3. The van der Waals surface area contributed by atoms with E-state index in [9.17, 15) is 9.59 Å². The van der Waals surface area contributed by atoms with E-state index in [0.29, 0.717) is 19.4 Å². The maximum atomic E-state index is 12.9. The van der Waals surface area contributed by atoms with E-state index in [4.69, 9.17) is 0 Å². The summed E-state index contributed by atoms with van der Waals surface area (Å²) in [7, 11) is 1.81. The van der Waals surface area contributed by atoms with Gasteiger partial charge in [0.25, 0.3) is 0 Å². The molecular weight excluding hydrogens is 314 g/mol. The summed E-state index contributed by atoms with van der Waals surface area (Å²) in [4.78, 5) is 31.3. The second-order valence-corrected chi connectivity index (χ2v) is 7.58. The number of nitrogens with zero attached hydrogens (tertiary/aromatic N) is 2. The smallest absolute Gasteiger partial charge is 0.238 e. The van der Waals surface area contributed by atoms with E-state index < -0.39 is 5.41 Å².